The molecule has 1 aliphatic rings. The first-order chi connectivity index (χ1) is 9.12. The minimum absolute atomic E-state index is 0.130. The van der Waals surface area contributed by atoms with E-state index in [9.17, 15) is 16.8 Å². The Morgan fingerprint density at radius 3 is 2.40 bits per heavy atom. The summed E-state index contributed by atoms with van der Waals surface area (Å²) >= 11 is 0. The first kappa shape index (κ1) is 17.9. The maximum atomic E-state index is 12.2. The van der Waals surface area contributed by atoms with Gasteiger partial charge in [-0.05, 0) is 25.3 Å². The van der Waals surface area contributed by atoms with E-state index in [2.05, 4.69) is 19.2 Å². The van der Waals surface area contributed by atoms with Crippen LogP contribution in [0.1, 0.15) is 33.1 Å². The molecule has 1 unspecified atom stereocenters. The maximum Gasteiger partial charge on any atom is 0.228 e. The Morgan fingerprint density at radius 1 is 1.20 bits per heavy atom. The highest BCUT2D eigenvalue weighted by Crippen LogP contribution is 2.21. The molecule has 8 heteroatoms. The number of sulfonamides is 1. The smallest absolute Gasteiger partial charge is 0.228 e. The lowest BCUT2D eigenvalue weighted by Crippen LogP contribution is -2.50. The largest absolute Gasteiger partial charge is 0.315 e. The van der Waals surface area contributed by atoms with Crippen molar-refractivity contribution in [2.75, 3.05) is 31.0 Å². The summed E-state index contributed by atoms with van der Waals surface area (Å²) in [6.07, 6.45) is 3.52. The number of piperidine rings is 1. The highest BCUT2D eigenvalue weighted by molar-refractivity contribution is 8.06. The van der Waals surface area contributed by atoms with Gasteiger partial charge in [0, 0.05) is 25.4 Å². The summed E-state index contributed by atoms with van der Waals surface area (Å²) in [4.78, 5) is 0. The second kappa shape index (κ2) is 7.20. The van der Waals surface area contributed by atoms with Gasteiger partial charge in [0.05, 0.1) is 0 Å². The van der Waals surface area contributed by atoms with Crippen molar-refractivity contribution in [1.82, 2.24) is 9.62 Å². The van der Waals surface area contributed by atoms with Crippen molar-refractivity contribution in [3.63, 3.8) is 0 Å². The highest BCUT2D eigenvalue weighted by Gasteiger charge is 2.34. The van der Waals surface area contributed by atoms with Gasteiger partial charge < -0.3 is 5.32 Å². The molecule has 1 heterocycles. The number of hydrogen-bond donors (Lipinski definition) is 1. The molecule has 120 valence electrons. The SMILES string of the molecule is CC(C)CNCC1CCCCN1S(=O)(=O)CS(C)(=O)=O. The van der Waals surface area contributed by atoms with Crippen LogP contribution < -0.4 is 5.32 Å². The lowest BCUT2D eigenvalue weighted by atomic mass is 10.0. The van der Waals surface area contributed by atoms with E-state index in [0.717, 1.165) is 32.1 Å². The molecule has 1 rings (SSSR count). The van der Waals surface area contributed by atoms with Crippen molar-refractivity contribution < 1.29 is 16.8 Å². The Hall–Kier alpha value is -0.180. The van der Waals surface area contributed by atoms with Gasteiger partial charge in [-0.2, -0.15) is 4.31 Å². The lowest BCUT2D eigenvalue weighted by Gasteiger charge is -2.34. The molecule has 1 aliphatic heterocycles. The molecular weight excluding hydrogens is 300 g/mol. The van der Waals surface area contributed by atoms with E-state index < -0.39 is 24.9 Å². The van der Waals surface area contributed by atoms with Gasteiger partial charge in [0.25, 0.3) is 0 Å². The molecule has 0 aromatic carbocycles. The average Bonchev–Trinajstić information content (AvgIpc) is 2.25. The number of hydrogen-bond acceptors (Lipinski definition) is 5. The van der Waals surface area contributed by atoms with Crippen LogP contribution in [0.25, 0.3) is 0 Å². The predicted molar refractivity (Wildman–Crippen MR) is 80.7 cm³/mol. The van der Waals surface area contributed by atoms with Gasteiger partial charge in [-0.3, -0.25) is 0 Å². The van der Waals surface area contributed by atoms with Crippen molar-refractivity contribution >= 4 is 19.9 Å². The van der Waals surface area contributed by atoms with E-state index >= 15 is 0 Å². The molecular formula is C12H26N2O4S2. The Bertz CT molecular complexity index is 500. The van der Waals surface area contributed by atoms with Crippen LogP contribution in [0.3, 0.4) is 0 Å². The Balaban J connectivity index is 2.73. The number of sulfone groups is 1. The molecule has 0 bridgehead atoms. The lowest BCUT2D eigenvalue weighted by molar-refractivity contribution is 0.245. The molecule has 0 saturated carbocycles. The van der Waals surface area contributed by atoms with E-state index in [0.29, 0.717) is 19.0 Å². The normalized spacial score (nSPS) is 22.3. The summed E-state index contributed by atoms with van der Waals surface area (Å²) in [7, 11) is -7.27. The molecule has 1 fully saturated rings. The zero-order valence-corrected chi connectivity index (χ0v) is 14.1. The third kappa shape index (κ3) is 6.07. The molecule has 0 aromatic rings. The van der Waals surface area contributed by atoms with Gasteiger partial charge >= 0.3 is 0 Å². The molecule has 0 amide bonds. The third-order valence-electron chi connectivity index (χ3n) is 3.23. The third-order valence-corrected chi connectivity index (χ3v) is 7.33. The summed E-state index contributed by atoms with van der Waals surface area (Å²) in [5.41, 5.74) is 0. The van der Waals surface area contributed by atoms with Crippen molar-refractivity contribution in [3.8, 4) is 0 Å². The molecule has 0 aromatic heterocycles. The van der Waals surface area contributed by atoms with Gasteiger partial charge in [0.2, 0.25) is 10.0 Å². The number of nitrogens with one attached hydrogen (secondary N) is 1. The van der Waals surface area contributed by atoms with Crippen LogP contribution in [-0.4, -0.2) is 58.2 Å². The van der Waals surface area contributed by atoms with Gasteiger partial charge in [-0.25, -0.2) is 16.8 Å². The number of nitrogens with zero attached hydrogens (tertiary/aromatic N) is 1. The summed E-state index contributed by atoms with van der Waals surface area (Å²) in [6, 6.07) is -0.130. The predicted octanol–water partition coefficient (Wildman–Crippen LogP) is 0.418. The molecule has 1 saturated heterocycles. The van der Waals surface area contributed by atoms with Gasteiger partial charge in [0.15, 0.2) is 14.9 Å². The molecule has 1 N–H and O–H groups in total. The van der Waals surface area contributed by atoms with Gasteiger partial charge in [0.1, 0.15) is 0 Å². The van der Waals surface area contributed by atoms with E-state index in [1.54, 1.807) is 0 Å². The van der Waals surface area contributed by atoms with E-state index in [1.165, 1.54) is 4.31 Å². The van der Waals surface area contributed by atoms with Gasteiger partial charge in [-0.1, -0.05) is 20.3 Å². The van der Waals surface area contributed by atoms with Crippen LogP contribution in [0, 0.1) is 5.92 Å². The molecule has 6 nitrogen and oxygen atoms in total. The first-order valence-corrected chi connectivity index (χ1v) is 10.7. The van der Waals surface area contributed by atoms with Gasteiger partial charge in [-0.15, -0.1) is 0 Å². The summed E-state index contributed by atoms with van der Waals surface area (Å²) in [5, 5.41) is 2.47. The zero-order chi connectivity index (χ0) is 15.4. The van der Waals surface area contributed by atoms with Crippen LogP contribution in [0.15, 0.2) is 0 Å². The minimum Gasteiger partial charge on any atom is -0.315 e. The zero-order valence-electron chi connectivity index (χ0n) is 12.5. The first-order valence-electron chi connectivity index (χ1n) is 7.00. The standard InChI is InChI=1S/C12H26N2O4S2/c1-11(2)8-13-9-12-6-4-5-7-14(12)20(17,18)10-19(3,15)16/h11-13H,4-10H2,1-3H3. The Morgan fingerprint density at radius 2 is 1.85 bits per heavy atom. The molecule has 0 spiro atoms. The van der Waals surface area contributed by atoms with Crippen molar-refractivity contribution in [3.05, 3.63) is 0 Å². The van der Waals surface area contributed by atoms with Crippen LogP contribution in [-0.2, 0) is 19.9 Å². The monoisotopic (exact) mass is 326 g/mol. The minimum atomic E-state index is -3.74. The average molecular weight is 326 g/mol. The second-order valence-electron chi connectivity index (χ2n) is 5.97. The van der Waals surface area contributed by atoms with E-state index in [4.69, 9.17) is 0 Å². The molecule has 0 radical (unpaired) electrons. The summed E-state index contributed by atoms with van der Waals surface area (Å²) < 4.78 is 48.4. The fraction of sp³-hybridized carbons (Fsp3) is 1.00. The summed E-state index contributed by atoms with van der Waals surface area (Å²) in [6.45, 7) is 6.02. The van der Waals surface area contributed by atoms with Crippen molar-refractivity contribution in [2.45, 2.75) is 39.2 Å². The van der Waals surface area contributed by atoms with E-state index in [-0.39, 0.29) is 6.04 Å². The highest BCUT2D eigenvalue weighted by atomic mass is 32.3. The van der Waals surface area contributed by atoms with E-state index in [1.807, 2.05) is 0 Å². The second-order valence-corrected chi connectivity index (χ2v) is 10.4. The van der Waals surface area contributed by atoms with Crippen molar-refractivity contribution in [1.29, 1.82) is 0 Å². The fourth-order valence-electron chi connectivity index (χ4n) is 2.42. The molecule has 0 aliphatic carbocycles. The topological polar surface area (TPSA) is 83.6 Å². The number of rotatable bonds is 7. The van der Waals surface area contributed by atoms with Crippen molar-refractivity contribution in [2.24, 2.45) is 5.92 Å². The van der Waals surface area contributed by atoms with Crippen LogP contribution >= 0.6 is 0 Å². The van der Waals surface area contributed by atoms with Crippen LogP contribution in [0.2, 0.25) is 0 Å². The quantitative estimate of drug-likeness (QED) is 0.733. The fourth-order valence-corrected chi connectivity index (χ4v) is 6.17. The summed E-state index contributed by atoms with van der Waals surface area (Å²) in [5.74, 6) is 0.500. The molecule has 20 heavy (non-hydrogen) atoms. The maximum absolute atomic E-state index is 12.2. The van der Waals surface area contributed by atoms with Crippen LogP contribution in [0.4, 0.5) is 0 Å². The molecule has 1 atom stereocenters. The Labute approximate surface area is 122 Å². The van der Waals surface area contributed by atoms with Crippen LogP contribution in [0.5, 0.6) is 0 Å². The Kier molecular flexibility index (Phi) is 6.43.